The molecule has 0 saturated carbocycles. The summed E-state index contributed by atoms with van der Waals surface area (Å²) in [6.45, 7) is -0.00300. The Bertz CT molecular complexity index is 1430. The molecule has 4 aromatic carbocycles. The van der Waals surface area contributed by atoms with E-state index in [1.165, 1.54) is 11.8 Å². The van der Waals surface area contributed by atoms with Crippen molar-refractivity contribution < 1.29 is 24.1 Å². The van der Waals surface area contributed by atoms with E-state index in [1.54, 1.807) is 30.3 Å². The molecule has 1 heterocycles. The van der Waals surface area contributed by atoms with Gasteiger partial charge in [-0.1, -0.05) is 83.6 Å². The van der Waals surface area contributed by atoms with Crippen LogP contribution in [0.25, 0.3) is 21.2 Å². The number of azide groups is 1. The number of nitrogens with zero attached hydrogens (tertiary/aromatic N) is 3. The van der Waals surface area contributed by atoms with Gasteiger partial charge in [0.1, 0.15) is 36.0 Å². The minimum Gasteiger partial charge on any atom is -0.491 e. The van der Waals surface area contributed by atoms with Gasteiger partial charge < -0.3 is 19.3 Å². The summed E-state index contributed by atoms with van der Waals surface area (Å²) in [6, 6.07) is 30.6. The smallest absolute Gasteiger partial charge is 0.338 e. The van der Waals surface area contributed by atoms with Crippen molar-refractivity contribution >= 4 is 28.5 Å². The van der Waals surface area contributed by atoms with Crippen molar-refractivity contribution in [1.82, 2.24) is 0 Å². The quantitative estimate of drug-likeness (QED) is 0.130. The number of aliphatic hydroxyl groups excluding tert-OH is 1. The first-order chi connectivity index (χ1) is 18.6. The van der Waals surface area contributed by atoms with Crippen LogP contribution in [0.1, 0.15) is 10.4 Å². The van der Waals surface area contributed by atoms with E-state index in [2.05, 4.69) is 10.0 Å². The number of thioether (sulfide) groups is 1. The van der Waals surface area contributed by atoms with E-state index >= 15 is 0 Å². The normalized spacial score (nSPS) is 22.8. The minimum atomic E-state index is -1.32. The lowest BCUT2D eigenvalue weighted by Gasteiger charge is -2.42. The average Bonchev–Trinajstić information content (AvgIpc) is 2.96. The Morgan fingerprint density at radius 1 is 0.947 bits per heavy atom. The first kappa shape index (κ1) is 25.6. The summed E-state index contributed by atoms with van der Waals surface area (Å²) in [5.74, 6) is -0.0119. The van der Waals surface area contributed by atoms with Gasteiger partial charge >= 0.3 is 5.97 Å². The number of benzene rings is 4. The number of aliphatic hydroxyl groups is 1. The van der Waals surface area contributed by atoms with Gasteiger partial charge in [-0.2, -0.15) is 0 Å². The zero-order valence-electron chi connectivity index (χ0n) is 20.2. The van der Waals surface area contributed by atoms with Gasteiger partial charge in [0, 0.05) is 9.81 Å². The van der Waals surface area contributed by atoms with Gasteiger partial charge in [-0.3, -0.25) is 0 Å². The predicted molar refractivity (Wildman–Crippen MR) is 145 cm³/mol. The Balaban J connectivity index is 1.41. The van der Waals surface area contributed by atoms with Crippen molar-refractivity contribution in [1.29, 1.82) is 0 Å². The molecule has 0 radical (unpaired) electrons. The summed E-state index contributed by atoms with van der Waals surface area (Å²) in [7, 11) is 0. The van der Waals surface area contributed by atoms with Gasteiger partial charge in [0.15, 0.2) is 6.10 Å². The second kappa shape index (κ2) is 12.0. The fourth-order valence-corrected chi connectivity index (χ4v) is 5.44. The summed E-state index contributed by atoms with van der Waals surface area (Å²) in [4.78, 5) is 16.7. The molecular weight excluding hydrogens is 502 g/mol. The number of carbonyl (C=O) groups excluding carboxylic acids is 1. The first-order valence-corrected chi connectivity index (χ1v) is 13.0. The van der Waals surface area contributed by atoms with Gasteiger partial charge in [-0.15, -0.1) is 0 Å². The van der Waals surface area contributed by atoms with Crippen molar-refractivity contribution in [2.75, 3.05) is 6.61 Å². The van der Waals surface area contributed by atoms with Crippen LogP contribution in [0.2, 0.25) is 0 Å². The maximum Gasteiger partial charge on any atom is 0.338 e. The Morgan fingerprint density at radius 3 is 2.37 bits per heavy atom. The average molecular weight is 528 g/mol. The molecular formula is C29H25N3O5S. The van der Waals surface area contributed by atoms with Crippen LogP contribution in [0, 0.1) is 0 Å². The zero-order chi connectivity index (χ0) is 26.3. The molecule has 0 bridgehead atoms. The molecule has 1 saturated heterocycles. The number of rotatable bonds is 8. The molecule has 38 heavy (non-hydrogen) atoms. The van der Waals surface area contributed by atoms with Crippen molar-refractivity contribution in [3.05, 3.63) is 119 Å². The Labute approximate surface area is 223 Å². The highest BCUT2D eigenvalue weighted by molar-refractivity contribution is 7.99. The van der Waals surface area contributed by atoms with Crippen LogP contribution in [-0.2, 0) is 9.47 Å². The summed E-state index contributed by atoms with van der Waals surface area (Å²) in [5.41, 5.74) is 8.81. The van der Waals surface area contributed by atoms with Crippen molar-refractivity contribution in [3.63, 3.8) is 0 Å². The summed E-state index contributed by atoms with van der Waals surface area (Å²) >= 11 is 1.32. The fourth-order valence-electron chi connectivity index (χ4n) is 4.30. The number of hydrogen-bond donors (Lipinski definition) is 1. The van der Waals surface area contributed by atoms with Crippen LogP contribution in [0.3, 0.4) is 0 Å². The molecule has 1 N–H and O–H groups in total. The number of hydrogen-bond acceptors (Lipinski definition) is 7. The maximum absolute atomic E-state index is 12.9. The van der Waals surface area contributed by atoms with Crippen LogP contribution in [0.15, 0.2) is 113 Å². The zero-order valence-corrected chi connectivity index (χ0v) is 21.1. The third-order valence-corrected chi connectivity index (χ3v) is 7.38. The van der Waals surface area contributed by atoms with Crippen LogP contribution in [0.5, 0.6) is 5.75 Å². The van der Waals surface area contributed by atoms with Gasteiger partial charge in [0.25, 0.3) is 0 Å². The molecule has 5 atom stereocenters. The standard InChI is InChI=1S/C29H25N3O5S/c30-32-31-25-26(33)27(37-28(34)20-10-3-1-4-11-20)24(36-29(25)38-23-13-5-2-6-14-23)18-35-22-16-15-19-9-7-8-12-21(19)17-22/h1-17,24-27,29,33H,18H2/t24-,25-,26-,27+,29-/m1/s1. The van der Waals surface area contributed by atoms with E-state index in [0.717, 1.165) is 15.7 Å². The van der Waals surface area contributed by atoms with Gasteiger partial charge in [-0.05, 0) is 52.7 Å². The molecule has 0 spiro atoms. The Kier molecular flexibility index (Phi) is 8.11. The first-order valence-electron chi connectivity index (χ1n) is 12.1. The highest BCUT2D eigenvalue weighted by Crippen LogP contribution is 2.36. The molecule has 0 aliphatic carbocycles. The van der Waals surface area contributed by atoms with Gasteiger partial charge in [0.05, 0.1) is 5.56 Å². The maximum atomic E-state index is 12.9. The van der Waals surface area contributed by atoms with E-state index < -0.39 is 35.8 Å². The molecule has 1 fully saturated rings. The number of carbonyl (C=O) groups is 1. The summed E-state index contributed by atoms with van der Waals surface area (Å²) in [5, 5.41) is 17.2. The largest absolute Gasteiger partial charge is 0.491 e. The van der Waals surface area contributed by atoms with E-state index in [4.69, 9.17) is 14.2 Å². The lowest BCUT2D eigenvalue weighted by Crippen LogP contribution is -2.58. The molecule has 9 heteroatoms. The van der Waals surface area contributed by atoms with Crippen LogP contribution < -0.4 is 4.74 Å². The van der Waals surface area contributed by atoms with E-state index in [-0.39, 0.29) is 6.61 Å². The Morgan fingerprint density at radius 2 is 1.63 bits per heavy atom. The molecule has 0 amide bonds. The number of fused-ring (bicyclic) bond motifs is 1. The van der Waals surface area contributed by atoms with Gasteiger partial charge in [0.2, 0.25) is 0 Å². The number of ether oxygens (including phenoxy) is 3. The third kappa shape index (κ3) is 5.93. The van der Waals surface area contributed by atoms with E-state index in [9.17, 15) is 15.4 Å². The summed E-state index contributed by atoms with van der Waals surface area (Å²) in [6.07, 6.45) is -3.29. The van der Waals surface area contributed by atoms with Gasteiger partial charge in [-0.25, -0.2) is 4.79 Å². The van der Waals surface area contributed by atoms with Crippen molar-refractivity contribution in [3.8, 4) is 5.75 Å². The predicted octanol–water partition coefficient (Wildman–Crippen LogP) is 6.00. The molecule has 0 unspecified atom stereocenters. The van der Waals surface area contributed by atoms with Crippen LogP contribution in [0.4, 0.5) is 0 Å². The SMILES string of the molecule is [N-]=[N+]=N[C@@H]1[C@@H](O)[C@@H](OC(=O)c2ccccc2)[C@@H](COc2ccc3ccccc3c2)O[C@@H]1Sc1ccccc1. The van der Waals surface area contributed by atoms with Crippen LogP contribution in [-0.4, -0.2) is 47.5 Å². The van der Waals surface area contributed by atoms with E-state index in [1.807, 2.05) is 72.8 Å². The Hall–Kier alpha value is -4.01. The fraction of sp³-hybridized carbons (Fsp3) is 0.207. The van der Waals surface area contributed by atoms with Crippen molar-refractivity contribution in [2.45, 2.75) is 34.7 Å². The molecule has 4 aromatic rings. The number of esters is 1. The highest BCUT2D eigenvalue weighted by Gasteiger charge is 2.48. The molecule has 1 aliphatic rings. The molecule has 192 valence electrons. The lowest BCUT2D eigenvalue weighted by molar-refractivity contribution is -0.165. The second-order valence-electron chi connectivity index (χ2n) is 8.72. The molecule has 1 aliphatic heterocycles. The van der Waals surface area contributed by atoms with E-state index in [0.29, 0.717) is 11.3 Å². The van der Waals surface area contributed by atoms with Crippen LogP contribution >= 0.6 is 11.8 Å². The third-order valence-electron chi connectivity index (χ3n) is 6.21. The molecule has 0 aromatic heterocycles. The summed E-state index contributed by atoms with van der Waals surface area (Å²) < 4.78 is 18.1. The molecule has 8 nitrogen and oxygen atoms in total. The topological polar surface area (TPSA) is 114 Å². The lowest BCUT2D eigenvalue weighted by atomic mass is 9.98. The molecule has 5 rings (SSSR count). The highest BCUT2D eigenvalue weighted by atomic mass is 32.2. The monoisotopic (exact) mass is 527 g/mol. The minimum absolute atomic E-state index is 0.00300. The van der Waals surface area contributed by atoms with Crippen molar-refractivity contribution in [2.24, 2.45) is 5.11 Å². The second-order valence-corrected chi connectivity index (χ2v) is 9.89.